The molecule has 1 aromatic heterocycles. The SMILES string of the molecule is c1ccc(-c2ccc(N(c3ccc(-c4cccc(-c5ccc6ccccc6c5)c4)cc3)c3cccc(-c4ccc5c(c4)C(c4ccccc4)(c4ccccc4)c4ccccc4-5)c3)c3c2sc2ccccc23)cc1. The number of hydrogen-bond donors (Lipinski definition) is 0. The smallest absolute Gasteiger partial charge is 0.0713 e. The Kier molecular flexibility index (Phi) is 10.3. The van der Waals surface area contributed by atoms with Crippen LogP contribution in [0.2, 0.25) is 0 Å². The van der Waals surface area contributed by atoms with Crippen LogP contribution in [-0.4, -0.2) is 0 Å². The summed E-state index contributed by atoms with van der Waals surface area (Å²) in [5.41, 5.74) is 20.1. The van der Waals surface area contributed by atoms with E-state index in [1.165, 1.54) is 103 Å². The first-order chi connectivity index (χ1) is 36.2. The lowest BCUT2D eigenvalue weighted by molar-refractivity contribution is 0.769. The molecule has 2 heteroatoms. The van der Waals surface area contributed by atoms with E-state index in [9.17, 15) is 0 Å². The summed E-state index contributed by atoms with van der Waals surface area (Å²) in [5, 5.41) is 5.01. The molecule has 73 heavy (non-hydrogen) atoms. The van der Waals surface area contributed by atoms with Crippen LogP contribution in [0.25, 0.3) is 86.6 Å². The highest BCUT2D eigenvalue weighted by Gasteiger charge is 2.46. The minimum absolute atomic E-state index is 0.489. The lowest BCUT2D eigenvalue weighted by atomic mass is 9.67. The molecule has 342 valence electrons. The van der Waals surface area contributed by atoms with Gasteiger partial charge in [-0.25, -0.2) is 0 Å². The largest absolute Gasteiger partial charge is 0.310 e. The van der Waals surface area contributed by atoms with Gasteiger partial charge in [0.05, 0.1) is 11.1 Å². The van der Waals surface area contributed by atoms with Crippen molar-refractivity contribution in [2.75, 3.05) is 4.90 Å². The Bertz CT molecular complexity index is 4150. The Hall–Kier alpha value is -9.08. The summed E-state index contributed by atoms with van der Waals surface area (Å²) in [6, 6.07) is 105. The van der Waals surface area contributed by atoms with Crippen molar-refractivity contribution in [3.63, 3.8) is 0 Å². The molecule has 0 radical (unpaired) electrons. The van der Waals surface area contributed by atoms with E-state index in [1.54, 1.807) is 0 Å². The van der Waals surface area contributed by atoms with Gasteiger partial charge in [0, 0.05) is 31.5 Å². The van der Waals surface area contributed by atoms with Gasteiger partial charge in [0.25, 0.3) is 0 Å². The standard InChI is InChI=1S/C71H47NS/c1-4-19-50(20-5-1)61-42-43-67(69-64-31-13-15-33-68(64)73-70(61)69)72(59-39-36-49(37-40-59)52-22-16-23-53(44-52)55-35-34-48-18-10-11-21-51(48)45-55)60-29-17-24-54(46-60)56-38-41-63-62-30-12-14-32-65(62)71(66(63)47-56,57-25-6-2-7-26-57)58-27-8-3-9-28-58/h1-47H. The topological polar surface area (TPSA) is 3.24 Å². The fourth-order valence-corrected chi connectivity index (χ4v) is 13.0. The first-order valence-electron chi connectivity index (χ1n) is 25.1. The van der Waals surface area contributed by atoms with Crippen LogP contribution in [-0.2, 0) is 5.41 Å². The zero-order valence-electron chi connectivity index (χ0n) is 40.0. The quantitative estimate of drug-likeness (QED) is 0.139. The van der Waals surface area contributed by atoms with Crippen molar-refractivity contribution in [2.45, 2.75) is 5.41 Å². The van der Waals surface area contributed by atoms with E-state index >= 15 is 0 Å². The van der Waals surface area contributed by atoms with Gasteiger partial charge in [0.2, 0.25) is 0 Å². The van der Waals surface area contributed by atoms with Crippen molar-refractivity contribution in [1.29, 1.82) is 0 Å². The van der Waals surface area contributed by atoms with Crippen LogP contribution in [0.1, 0.15) is 22.3 Å². The van der Waals surface area contributed by atoms with E-state index in [0.29, 0.717) is 0 Å². The van der Waals surface area contributed by atoms with Gasteiger partial charge >= 0.3 is 0 Å². The second-order valence-corrected chi connectivity index (χ2v) is 20.2. The normalized spacial score (nSPS) is 12.5. The van der Waals surface area contributed by atoms with Gasteiger partial charge in [0.15, 0.2) is 0 Å². The molecule has 0 bridgehead atoms. The molecule has 0 fully saturated rings. The molecule has 1 nitrogen and oxygen atoms in total. The van der Waals surface area contributed by atoms with Crippen molar-refractivity contribution in [3.8, 4) is 55.6 Å². The molecule has 0 saturated heterocycles. The third kappa shape index (κ3) is 7.13. The van der Waals surface area contributed by atoms with Crippen LogP contribution in [0.5, 0.6) is 0 Å². The Morgan fingerprint density at radius 3 is 1.63 bits per heavy atom. The fourth-order valence-electron chi connectivity index (χ4n) is 11.8. The zero-order chi connectivity index (χ0) is 48.3. The van der Waals surface area contributed by atoms with E-state index in [0.717, 1.165) is 22.6 Å². The van der Waals surface area contributed by atoms with Gasteiger partial charge in [-0.2, -0.15) is 0 Å². The van der Waals surface area contributed by atoms with Gasteiger partial charge in [-0.1, -0.05) is 231 Å². The molecule has 0 N–H and O–H groups in total. The second-order valence-electron chi connectivity index (χ2n) is 19.2. The van der Waals surface area contributed by atoms with E-state index in [2.05, 4.69) is 290 Å². The fraction of sp³-hybridized carbons (Fsp3) is 0.0141. The third-order valence-corrected chi connectivity index (χ3v) is 16.3. The Morgan fingerprint density at radius 1 is 0.301 bits per heavy atom. The molecule has 0 aliphatic heterocycles. The van der Waals surface area contributed by atoms with E-state index in [-0.39, 0.29) is 0 Å². The van der Waals surface area contributed by atoms with Gasteiger partial charge in [0.1, 0.15) is 0 Å². The number of rotatable bonds is 9. The van der Waals surface area contributed by atoms with Crippen molar-refractivity contribution in [3.05, 3.63) is 307 Å². The molecule has 12 aromatic carbocycles. The lowest BCUT2D eigenvalue weighted by Gasteiger charge is -2.34. The second kappa shape index (κ2) is 17.6. The Balaban J connectivity index is 0.937. The molecule has 0 spiro atoms. The summed E-state index contributed by atoms with van der Waals surface area (Å²) in [5.74, 6) is 0. The molecule has 1 aliphatic carbocycles. The van der Waals surface area contributed by atoms with Crippen LogP contribution in [0.3, 0.4) is 0 Å². The summed E-state index contributed by atoms with van der Waals surface area (Å²) in [4.78, 5) is 2.48. The van der Waals surface area contributed by atoms with Crippen LogP contribution in [0.4, 0.5) is 17.1 Å². The molecule has 0 amide bonds. The van der Waals surface area contributed by atoms with Crippen molar-refractivity contribution in [2.24, 2.45) is 0 Å². The highest BCUT2D eigenvalue weighted by atomic mass is 32.1. The van der Waals surface area contributed by atoms with Gasteiger partial charge < -0.3 is 4.90 Å². The summed E-state index contributed by atoms with van der Waals surface area (Å²) in [6.45, 7) is 0. The maximum atomic E-state index is 2.48. The predicted octanol–water partition coefficient (Wildman–Crippen LogP) is 19.7. The predicted molar refractivity (Wildman–Crippen MR) is 311 cm³/mol. The summed E-state index contributed by atoms with van der Waals surface area (Å²) in [7, 11) is 0. The van der Waals surface area contributed by atoms with Gasteiger partial charge in [-0.3, -0.25) is 0 Å². The van der Waals surface area contributed by atoms with E-state index < -0.39 is 5.41 Å². The zero-order valence-corrected chi connectivity index (χ0v) is 40.8. The molecule has 0 unspecified atom stereocenters. The van der Waals surface area contributed by atoms with Crippen LogP contribution >= 0.6 is 11.3 Å². The highest BCUT2D eigenvalue weighted by Crippen LogP contribution is 2.57. The van der Waals surface area contributed by atoms with Gasteiger partial charge in [-0.05, 0) is 143 Å². The van der Waals surface area contributed by atoms with Crippen molar-refractivity contribution < 1.29 is 0 Å². The third-order valence-electron chi connectivity index (χ3n) is 15.1. The molecule has 0 atom stereocenters. The summed E-state index contributed by atoms with van der Waals surface area (Å²) in [6.07, 6.45) is 0. The van der Waals surface area contributed by atoms with Crippen LogP contribution in [0.15, 0.2) is 285 Å². The first-order valence-corrected chi connectivity index (χ1v) is 26.0. The first kappa shape index (κ1) is 42.8. The molecule has 0 saturated carbocycles. The number of nitrogens with zero attached hydrogens (tertiary/aromatic N) is 1. The van der Waals surface area contributed by atoms with Crippen LogP contribution < -0.4 is 4.90 Å². The van der Waals surface area contributed by atoms with E-state index in [1.807, 2.05) is 11.3 Å². The molecular weight excluding hydrogens is 899 g/mol. The minimum atomic E-state index is -0.489. The number of benzene rings is 12. The molecule has 13 aromatic rings. The van der Waals surface area contributed by atoms with Crippen molar-refractivity contribution in [1.82, 2.24) is 0 Å². The highest BCUT2D eigenvalue weighted by molar-refractivity contribution is 7.26. The number of hydrogen-bond acceptors (Lipinski definition) is 2. The molecule has 1 heterocycles. The summed E-state index contributed by atoms with van der Waals surface area (Å²) >= 11 is 1.88. The maximum absolute atomic E-state index is 2.48. The number of thiophene rings is 1. The number of anilines is 3. The number of fused-ring (bicyclic) bond motifs is 7. The minimum Gasteiger partial charge on any atom is -0.310 e. The average Bonchev–Trinajstić information content (AvgIpc) is 4.01. The van der Waals surface area contributed by atoms with Gasteiger partial charge in [-0.15, -0.1) is 11.3 Å². The Labute approximate surface area is 430 Å². The lowest BCUT2D eigenvalue weighted by Crippen LogP contribution is -2.28. The molecular formula is C71H47NS. The van der Waals surface area contributed by atoms with E-state index in [4.69, 9.17) is 0 Å². The summed E-state index contributed by atoms with van der Waals surface area (Å²) < 4.78 is 2.56. The molecule has 1 aliphatic rings. The Morgan fingerprint density at radius 2 is 0.849 bits per heavy atom. The maximum Gasteiger partial charge on any atom is 0.0713 e. The van der Waals surface area contributed by atoms with Crippen LogP contribution in [0, 0.1) is 0 Å². The average molecular weight is 946 g/mol. The van der Waals surface area contributed by atoms with Crippen molar-refractivity contribution >= 4 is 59.3 Å². The monoisotopic (exact) mass is 945 g/mol. The molecule has 14 rings (SSSR count).